The van der Waals surface area contributed by atoms with Crippen molar-refractivity contribution in [1.29, 1.82) is 0 Å². The third-order valence-corrected chi connectivity index (χ3v) is 7.52. The molecule has 0 saturated carbocycles. The van der Waals surface area contributed by atoms with Crippen LogP contribution < -0.4 is 5.56 Å². The molecule has 30 heavy (non-hydrogen) atoms. The van der Waals surface area contributed by atoms with Gasteiger partial charge in [0.15, 0.2) is 10.9 Å². The number of carbonyl (C=O) groups is 1. The summed E-state index contributed by atoms with van der Waals surface area (Å²) in [5, 5.41) is 1.31. The number of aryl methyl sites for hydroxylation is 2. The van der Waals surface area contributed by atoms with E-state index in [0.29, 0.717) is 23.0 Å². The number of rotatable bonds is 6. The van der Waals surface area contributed by atoms with Crippen molar-refractivity contribution in [3.05, 3.63) is 80.8 Å². The van der Waals surface area contributed by atoms with Crippen LogP contribution in [0, 0.1) is 0 Å². The van der Waals surface area contributed by atoms with Crippen molar-refractivity contribution in [3.63, 3.8) is 0 Å². The highest BCUT2D eigenvalue weighted by molar-refractivity contribution is 7.99. The van der Waals surface area contributed by atoms with Crippen LogP contribution in [0.5, 0.6) is 0 Å². The first-order chi connectivity index (χ1) is 14.7. The second kappa shape index (κ2) is 8.24. The lowest BCUT2D eigenvalue weighted by molar-refractivity contribution is 0.102. The molecule has 0 radical (unpaired) electrons. The van der Waals surface area contributed by atoms with Gasteiger partial charge in [0.2, 0.25) is 0 Å². The van der Waals surface area contributed by atoms with E-state index in [9.17, 15) is 9.59 Å². The van der Waals surface area contributed by atoms with Crippen molar-refractivity contribution >= 4 is 39.1 Å². The Kier molecular flexibility index (Phi) is 5.31. The average Bonchev–Trinajstić information content (AvgIpc) is 3.42. The maximum atomic E-state index is 13.5. The molecule has 0 aliphatic heterocycles. The molecule has 1 aliphatic carbocycles. The first-order valence-corrected chi connectivity index (χ1v) is 11.8. The molecule has 0 fully saturated rings. The summed E-state index contributed by atoms with van der Waals surface area (Å²) in [5.41, 5.74) is 1.80. The van der Waals surface area contributed by atoms with Crippen LogP contribution in [-0.4, -0.2) is 21.1 Å². The Morgan fingerprint density at radius 2 is 1.97 bits per heavy atom. The van der Waals surface area contributed by atoms with Crippen LogP contribution in [0.1, 0.15) is 39.4 Å². The maximum Gasteiger partial charge on any atom is 0.263 e. The highest BCUT2D eigenvalue weighted by Gasteiger charge is 2.23. The van der Waals surface area contributed by atoms with Gasteiger partial charge < -0.3 is 4.42 Å². The number of carbonyl (C=O) groups excluding carboxylic acids is 1. The monoisotopic (exact) mass is 436 g/mol. The summed E-state index contributed by atoms with van der Waals surface area (Å²) >= 11 is 2.94. The highest BCUT2D eigenvalue weighted by atomic mass is 32.2. The van der Waals surface area contributed by atoms with Gasteiger partial charge >= 0.3 is 0 Å². The molecule has 0 spiro atoms. The molecule has 0 atom stereocenters. The molecule has 5 rings (SSSR count). The molecule has 0 unspecified atom stereocenters. The van der Waals surface area contributed by atoms with Crippen LogP contribution in [-0.2, 0) is 19.4 Å². The van der Waals surface area contributed by atoms with Gasteiger partial charge in [-0.15, -0.1) is 11.3 Å². The van der Waals surface area contributed by atoms with Crippen LogP contribution in [0.2, 0.25) is 0 Å². The van der Waals surface area contributed by atoms with E-state index in [0.717, 1.165) is 35.9 Å². The first-order valence-electron chi connectivity index (χ1n) is 9.99. The third kappa shape index (κ3) is 3.63. The van der Waals surface area contributed by atoms with Gasteiger partial charge in [-0.2, -0.15) is 0 Å². The predicted molar refractivity (Wildman–Crippen MR) is 120 cm³/mol. The number of hydrogen-bond acceptors (Lipinski definition) is 6. The molecule has 3 heterocycles. The molecule has 1 aliphatic rings. The summed E-state index contributed by atoms with van der Waals surface area (Å²) in [6.07, 6.45) is 5.82. The van der Waals surface area contributed by atoms with E-state index in [2.05, 4.69) is 0 Å². The SMILES string of the molecule is O=C(CSc1nc2sc3c(c2c(=O)n1Cc1ccco1)CCCC3)c1ccccc1. The standard InChI is InChI=1S/C23H20N2O3S2/c26-18(15-7-2-1-3-8-15)14-29-23-24-21-20(17-10-4-5-11-19(17)30-21)22(27)25(23)13-16-9-6-12-28-16/h1-3,6-9,12H,4-5,10-11,13-14H2. The van der Waals surface area contributed by atoms with E-state index in [4.69, 9.17) is 9.40 Å². The van der Waals surface area contributed by atoms with Gasteiger partial charge in [-0.3, -0.25) is 14.2 Å². The van der Waals surface area contributed by atoms with Crippen molar-refractivity contribution in [1.82, 2.24) is 9.55 Å². The van der Waals surface area contributed by atoms with Gasteiger partial charge in [0.1, 0.15) is 10.6 Å². The number of thiophene rings is 1. The zero-order valence-electron chi connectivity index (χ0n) is 16.3. The van der Waals surface area contributed by atoms with Gasteiger partial charge in [-0.25, -0.2) is 4.98 Å². The average molecular weight is 437 g/mol. The Labute approximate surface area is 181 Å². The molecule has 1 aromatic carbocycles. The minimum absolute atomic E-state index is 0.0185. The van der Waals surface area contributed by atoms with E-state index in [1.54, 1.807) is 22.2 Å². The number of fused-ring (bicyclic) bond motifs is 3. The molecule has 0 bridgehead atoms. The normalized spacial score (nSPS) is 13.5. The molecule has 0 amide bonds. The second-order valence-electron chi connectivity index (χ2n) is 7.33. The van der Waals surface area contributed by atoms with Crippen LogP contribution >= 0.6 is 23.1 Å². The maximum absolute atomic E-state index is 13.5. The lowest BCUT2D eigenvalue weighted by Gasteiger charge is -2.12. The fraction of sp³-hybridized carbons (Fsp3) is 0.261. The number of furan rings is 1. The van der Waals surface area contributed by atoms with Crippen molar-refractivity contribution in [2.24, 2.45) is 0 Å². The Balaban J connectivity index is 1.55. The Hall–Kier alpha value is -2.64. The van der Waals surface area contributed by atoms with Crippen LogP contribution in [0.4, 0.5) is 0 Å². The number of benzene rings is 1. The van der Waals surface area contributed by atoms with Gasteiger partial charge in [0, 0.05) is 10.4 Å². The molecule has 152 valence electrons. The molecule has 4 aromatic rings. The largest absolute Gasteiger partial charge is 0.467 e. The number of thioether (sulfide) groups is 1. The van der Waals surface area contributed by atoms with Crippen LogP contribution in [0.25, 0.3) is 10.2 Å². The van der Waals surface area contributed by atoms with Crippen molar-refractivity contribution in [2.45, 2.75) is 37.4 Å². The fourth-order valence-corrected chi connectivity index (χ4v) is 6.06. The quantitative estimate of drug-likeness (QED) is 0.243. The molecule has 3 aromatic heterocycles. The number of hydrogen-bond donors (Lipinski definition) is 0. The molecule has 0 saturated heterocycles. The summed E-state index contributed by atoms with van der Waals surface area (Å²) < 4.78 is 7.15. The van der Waals surface area contributed by atoms with E-state index in [1.165, 1.54) is 22.2 Å². The van der Waals surface area contributed by atoms with Gasteiger partial charge in [-0.05, 0) is 43.4 Å². The number of ketones is 1. The van der Waals surface area contributed by atoms with E-state index >= 15 is 0 Å². The number of aromatic nitrogens is 2. The topological polar surface area (TPSA) is 65.1 Å². The third-order valence-electron chi connectivity index (χ3n) is 5.36. The molecule has 0 N–H and O–H groups in total. The minimum Gasteiger partial charge on any atom is -0.467 e. The summed E-state index contributed by atoms with van der Waals surface area (Å²) in [4.78, 5) is 33.0. The lowest BCUT2D eigenvalue weighted by Crippen LogP contribution is -2.24. The first kappa shape index (κ1) is 19.3. The van der Waals surface area contributed by atoms with Gasteiger partial charge in [0.05, 0.1) is 23.9 Å². The number of nitrogens with zero attached hydrogens (tertiary/aromatic N) is 2. The zero-order chi connectivity index (χ0) is 20.5. The summed E-state index contributed by atoms with van der Waals surface area (Å²) in [6, 6.07) is 12.9. The summed E-state index contributed by atoms with van der Waals surface area (Å²) in [6.45, 7) is 0.307. The lowest BCUT2D eigenvalue weighted by atomic mass is 9.97. The van der Waals surface area contributed by atoms with Crippen molar-refractivity contribution < 1.29 is 9.21 Å². The smallest absolute Gasteiger partial charge is 0.263 e. The molecule has 5 nitrogen and oxygen atoms in total. The minimum atomic E-state index is -0.0366. The second-order valence-corrected chi connectivity index (χ2v) is 9.36. The van der Waals surface area contributed by atoms with Gasteiger partial charge in [-0.1, -0.05) is 42.1 Å². The molecule has 7 heteroatoms. The predicted octanol–water partition coefficient (Wildman–Crippen LogP) is 4.95. The Morgan fingerprint density at radius 1 is 1.13 bits per heavy atom. The zero-order valence-corrected chi connectivity index (χ0v) is 17.9. The van der Waals surface area contributed by atoms with Crippen molar-refractivity contribution in [3.8, 4) is 0 Å². The molecular weight excluding hydrogens is 416 g/mol. The highest BCUT2D eigenvalue weighted by Crippen LogP contribution is 2.35. The van der Waals surface area contributed by atoms with E-state index in [-0.39, 0.29) is 17.1 Å². The summed E-state index contributed by atoms with van der Waals surface area (Å²) in [7, 11) is 0. The summed E-state index contributed by atoms with van der Waals surface area (Å²) in [5.74, 6) is 0.939. The number of Topliss-reactive ketones (excluding diaryl/α,β-unsaturated/α-hetero) is 1. The Morgan fingerprint density at radius 3 is 2.77 bits per heavy atom. The van der Waals surface area contributed by atoms with Gasteiger partial charge in [0.25, 0.3) is 5.56 Å². The van der Waals surface area contributed by atoms with E-state index < -0.39 is 0 Å². The fourth-order valence-electron chi connectivity index (χ4n) is 3.87. The van der Waals surface area contributed by atoms with E-state index in [1.807, 2.05) is 42.5 Å². The molecular formula is C23H20N2O3S2. The Bertz CT molecular complexity index is 1260. The van der Waals surface area contributed by atoms with Crippen LogP contribution in [0.15, 0.2) is 63.1 Å². The van der Waals surface area contributed by atoms with Crippen LogP contribution in [0.3, 0.4) is 0 Å². The van der Waals surface area contributed by atoms with Crippen molar-refractivity contribution in [2.75, 3.05) is 5.75 Å².